The molecule has 0 aliphatic carbocycles. The second-order valence-corrected chi connectivity index (χ2v) is 1.32. The molecule has 0 aliphatic heterocycles. The van der Waals surface area contributed by atoms with Crippen LogP contribution in [0.2, 0.25) is 0 Å². The Kier molecular flexibility index (Phi) is 6.66. The molecule has 0 aliphatic rings. The number of hydroxylamine groups is 1. The van der Waals surface area contributed by atoms with Gasteiger partial charge in [0, 0.05) is 6.54 Å². The molecule has 0 bridgehead atoms. The van der Waals surface area contributed by atoms with Gasteiger partial charge < -0.3 is 4.79 Å². The van der Waals surface area contributed by atoms with Crippen LogP contribution in [0.1, 0.15) is 0 Å². The van der Waals surface area contributed by atoms with E-state index >= 15 is 0 Å². The van der Waals surface area contributed by atoms with Crippen LogP contribution in [-0.2, 0) is 9.63 Å². The summed E-state index contributed by atoms with van der Waals surface area (Å²) < 4.78 is 0. The fraction of sp³-hybridized carbons (Fsp3) is 0.600. The van der Waals surface area contributed by atoms with Gasteiger partial charge in [-0.3, -0.25) is 9.83 Å². The lowest BCUT2D eigenvalue weighted by Crippen LogP contribution is -2.18. The molecular formula is C5H10N2O2. The maximum Gasteiger partial charge on any atom is 0.147 e. The molecule has 0 fully saturated rings. The predicted octanol–water partition coefficient (Wildman–Crippen LogP) is -0.593. The second kappa shape index (κ2) is 7.26. The Balaban J connectivity index is 2.74. The number of aliphatic imine (C=N–C) groups is 1. The van der Waals surface area contributed by atoms with Crippen molar-refractivity contribution in [3.05, 3.63) is 0 Å². The molecule has 0 radical (unpaired) electrons. The highest BCUT2D eigenvalue weighted by molar-refractivity contribution is 5.50. The highest BCUT2D eigenvalue weighted by Crippen LogP contribution is 1.64. The Morgan fingerprint density at radius 2 is 2.56 bits per heavy atom. The Labute approximate surface area is 53.9 Å². The van der Waals surface area contributed by atoms with E-state index in [0.717, 1.165) is 0 Å². The first kappa shape index (κ1) is 8.26. The number of rotatable bonds is 6. The monoisotopic (exact) mass is 130 g/mol. The molecule has 52 valence electrons. The maximum atomic E-state index is 9.64. The van der Waals surface area contributed by atoms with Gasteiger partial charge in [-0.2, -0.15) is 0 Å². The third-order valence-electron chi connectivity index (χ3n) is 0.625. The maximum absolute atomic E-state index is 9.64. The van der Waals surface area contributed by atoms with E-state index in [1.807, 2.05) is 0 Å². The second-order valence-electron chi connectivity index (χ2n) is 1.32. The molecule has 0 heterocycles. The van der Waals surface area contributed by atoms with Gasteiger partial charge in [-0.05, 0) is 6.72 Å². The third kappa shape index (κ3) is 7.26. The molecule has 0 unspecified atom stereocenters. The average molecular weight is 130 g/mol. The molecule has 0 spiro atoms. The van der Waals surface area contributed by atoms with Gasteiger partial charge >= 0.3 is 0 Å². The Morgan fingerprint density at radius 3 is 3.11 bits per heavy atom. The number of nitrogens with zero attached hydrogens (tertiary/aromatic N) is 1. The van der Waals surface area contributed by atoms with Crippen LogP contribution >= 0.6 is 0 Å². The van der Waals surface area contributed by atoms with Gasteiger partial charge in [0.25, 0.3) is 0 Å². The van der Waals surface area contributed by atoms with Crippen molar-refractivity contribution in [1.29, 1.82) is 0 Å². The first-order valence-electron chi connectivity index (χ1n) is 2.62. The fourth-order valence-electron chi connectivity index (χ4n) is 0.290. The minimum absolute atomic E-state index is 0.0805. The normalized spacial score (nSPS) is 8.89. The van der Waals surface area contributed by atoms with Crippen LogP contribution < -0.4 is 5.48 Å². The van der Waals surface area contributed by atoms with Gasteiger partial charge in [-0.1, -0.05) is 0 Å². The van der Waals surface area contributed by atoms with E-state index in [0.29, 0.717) is 19.4 Å². The van der Waals surface area contributed by atoms with E-state index in [1.54, 1.807) is 0 Å². The number of nitrogens with one attached hydrogen (secondary N) is 1. The topological polar surface area (TPSA) is 50.7 Å². The lowest BCUT2D eigenvalue weighted by molar-refractivity contribution is -0.114. The van der Waals surface area contributed by atoms with Gasteiger partial charge in [-0.25, -0.2) is 5.48 Å². The van der Waals surface area contributed by atoms with Crippen molar-refractivity contribution >= 4 is 13.0 Å². The molecular weight excluding hydrogens is 120 g/mol. The van der Waals surface area contributed by atoms with Gasteiger partial charge in [-0.15, -0.1) is 0 Å². The molecule has 0 atom stereocenters. The smallest absolute Gasteiger partial charge is 0.147 e. The van der Waals surface area contributed by atoms with Crippen molar-refractivity contribution < 1.29 is 9.63 Å². The first-order chi connectivity index (χ1) is 4.41. The zero-order valence-electron chi connectivity index (χ0n) is 5.17. The molecule has 0 rings (SSSR count). The summed E-state index contributed by atoms with van der Waals surface area (Å²) in [6, 6.07) is 0. The third-order valence-corrected chi connectivity index (χ3v) is 0.625. The molecule has 4 nitrogen and oxygen atoms in total. The highest BCUT2D eigenvalue weighted by Gasteiger charge is 1.81. The SMILES string of the molecule is C=NCCNOCC=O. The van der Waals surface area contributed by atoms with E-state index in [-0.39, 0.29) is 6.61 Å². The van der Waals surface area contributed by atoms with Crippen LogP contribution in [0.15, 0.2) is 4.99 Å². The first-order valence-corrected chi connectivity index (χ1v) is 2.62. The minimum Gasteiger partial charge on any atom is -0.301 e. The van der Waals surface area contributed by atoms with Crippen LogP contribution in [0.5, 0.6) is 0 Å². The molecule has 0 aromatic rings. The van der Waals surface area contributed by atoms with Gasteiger partial charge in [0.05, 0.1) is 6.54 Å². The van der Waals surface area contributed by atoms with Crippen molar-refractivity contribution in [2.24, 2.45) is 4.99 Å². The minimum atomic E-state index is 0.0805. The molecule has 4 heteroatoms. The van der Waals surface area contributed by atoms with Crippen molar-refractivity contribution in [3.63, 3.8) is 0 Å². The summed E-state index contributed by atoms with van der Waals surface area (Å²) >= 11 is 0. The Morgan fingerprint density at radius 1 is 1.78 bits per heavy atom. The van der Waals surface area contributed by atoms with E-state index < -0.39 is 0 Å². The zero-order chi connectivity index (χ0) is 6.95. The van der Waals surface area contributed by atoms with Crippen LogP contribution in [0.25, 0.3) is 0 Å². The Hall–Kier alpha value is -0.740. The summed E-state index contributed by atoms with van der Waals surface area (Å²) in [5, 5.41) is 0. The summed E-state index contributed by atoms with van der Waals surface area (Å²) in [6.07, 6.45) is 0.675. The van der Waals surface area contributed by atoms with Crippen LogP contribution in [-0.4, -0.2) is 32.7 Å². The predicted molar refractivity (Wildman–Crippen MR) is 34.4 cm³/mol. The molecule has 9 heavy (non-hydrogen) atoms. The van der Waals surface area contributed by atoms with E-state index in [1.165, 1.54) is 0 Å². The quantitative estimate of drug-likeness (QED) is 0.226. The van der Waals surface area contributed by atoms with Crippen LogP contribution in [0.3, 0.4) is 0 Å². The van der Waals surface area contributed by atoms with Crippen molar-refractivity contribution in [1.82, 2.24) is 5.48 Å². The van der Waals surface area contributed by atoms with E-state index in [4.69, 9.17) is 0 Å². The lowest BCUT2D eigenvalue weighted by Gasteiger charge is -1.97. The average Bonchev–Trinajstić information content (AvgIpc) is 1.89. The molecule has 0 aromatic heterocycles. The summed E-state index contributed by atoms with van der Waals surface area (Å²) in [7, 11) is 0. The largest absolute Gasteiger partial charge is 0.301 e. The highest BCUT2D eigenvalue weighted by atomic mass is 16.6. The van der Waals surface area contributed by atoms with Gasteiger partial charge in [0.1, 0.15) is 12.9 Å². The summed E-state index contributed by atoms with van der Waals surface area (Å²) in [5.41, 5.74) is 2.52. The van der Waals surface area contributed by atoms with Gasteiger partial charge in [0.15, 0.2) is 0 Å². The summed E-state index contributed by atoms with van der Waals surface area (Å²) in [6.45, 7) is 4.53. The molecule has 0 saturated heterocycles. The number of carbonyl (C=O) groups excluding carboxylic acids is 1. The van der Waals surface area contributed by atoms with E-state index in [2.05, 4.69) is 22.0 Å². The van der Waals surface area contributed by atoms with Gasteiger partial charge in [0.2, 0.25) is 0 Å². The lowest BCUT2D eigenvalue weighted by atomic mass is 10.7. The molecule has 0 aromatic carbocycles. The van der Waals surface area contributed by atoms with Crippen LogP contribution in [0.4, 0.5) is 0 Å². The van der Waals surface area contributed by atoms with Crippen LogP contribution in [0, 0.1) is 0 Å². The Bertz CT molecular complexity index is 75.0. The standard InChI is InChI=1S/C5H10N2O2/c1-6-2-3-7-9-5-4-8/h4,7H,1-3,5H2. The van der Waals surface area contributed by atoms with Crippen molar-refractivity contribution in [2.75, 3.05) is 19.7 Å². The molecule has 0 saturated carbocycles. The number of aldehydes is 1. The van der Waals surface area contributed by atoms with Crippen molar-refractivity contribution in [2.45, 2.75) is 0 Å². The zero-order valence-corrected chi connectivity index (χ0v) is 5.17. The summed E-state index contributed by atoms with van der Waals surface area (Å²) in [4.78, 5) is 17.8. The summed E-state index contributed by atoms with van der Waals surface area (Å²) in [5.74, 6) is 0. The van der Waals surface area contributed by atoms with E-state index in [9.17, 15) is 4.79 Å². The number of carbonyl (C=O) groups is 1. The number of hydrogen-bond acceptors (Lipinski definition) is 4. The molecule has 1 N–H and O–H groups in total. The molecule has 0 amide bonds. The van der Waals surface area contributed by atoms with Crippen molar-refractivity contribution in [3.8, 4) is 0 Å². The fourth-order valence-corrected chi connectivity index (χ4v) is 0.290. The number of hydrogen-bond donors (Lipinski definition) is 1.